The molecule has 0 bridgehead atoms. The van der Waals surface area contributed by atoms with E-state index in [0.29, 0.717) is 0 Å². The fourth-order valence-corrected chi connectivity index (χ4v) is 3.07. The topological polar surface area (TPSA) is 21.1 Å². The average Bonchev–Trinajstić information content (AvgIpc) is 2.57. The van der Waals surface area contributed by atoms with Gasteiger partial charge in [0.1, 0.15) is 0 Å². The number of nitrogens with zero attached hydrogens (tertiary/aromatic N) is 3. The molecule has 0 spiro atoms. The van der Waals surface area contributed by atoms with Crippen LogP contribution in [-0.4, -0.2) is 27.8 Å². The van der Waals surface area contributed by atoms with Gasteiger partial charge >= 0.3 is 0 Å². The van der Waals surface area contributed by atoms with Gasteiger partial charge in [-0.25, -0.2) is 0 Å². The maximum absolute atomic E-state index is 4.56. The highest BCUT2D eigenvalue weighted by atomic mass is 79.9. The monoisotopic (exact) mass is 299 g/mol. The van der Waals surface area contributed by atoms with E-state index in [0.717, 1.165) is 24.7 Å². The van der Waals surface area contributed by atoms with Crippen LogP contribution in [0.5, 0.6) is 0 Å². The predicted molar refractivity (Wildman–Crippen MR) is 74.0 cm³/mol. The zero-order valence-corrected chi connectivity index (χ0v) is 12.6. The van der Waals surface area contributed by atoms with Gasteiger partial charge in [0.25, 0.3) is 0 Å². The molecule has 1 unspecified atom stereocenters. The molecule has 0 amide bonds. The number of hydrogen-bond acceptors (Lipinski definition) is 2. The lowest BCUT2D eigenvalue weighted by Gasteiger charge is -2.30. The van der Waals surface area contributed by atoms with Crippen LogP contribution in [0, 0.1) is 12.8 Å². The Labute approximate surface area is 112 Å². The summed E-state index contributed by atoms with van der Waals surface area (Å²) in [6.07, 6.45) is 2.71. The van der Waals surface area contributed by atoms with Crippen LogP contribution >= 0.6 is 15.9 Å². The minimum atomic E-state index is 0.835. The minimum absolute atomic E-state index is 0.835. The molecule has 0 saturated carbocycles. The van der Waals surface area contributed by atoms with Gasteiger partial charge in [-0.1, -0.05) is 6.92 Å². The Balaban J connectivity index is 2.12. The number of likely N-dealkylation sites (tertiary alicyclic amines) is 1. The molecule has 1 aromatic rings. The molecular weight excluding hydrogens is 278 g/mol. The largest absolute Gasteiger partial charge is 0.297 e. The number of hydrogen-bond donors (Lipinski definition) is 0. The van der Waals surface area contributed by atoms with Gasteiger partial charge in [0.05, 0.1) is 15.9 Å². The molecule has 1 aliphatic rings. The lowest BCUT2D eigenvalue weighted by atomic mass is 10.0. The van der Waals surface area contributed by atoms with Gasteiger partial charge in [-0.15, -0.1) is 0 Å². The van der Waals surface area contributed by atoms with Crippen molar-refractivity contribution in [3.8, 4) is 0 Å². The van der Waals surface area contributed by atoms with Gasteiger partial charge < -0.3 is 0 Å². The van der Waals surface area contributed by atoms with Gasteiger partial charge in [-0.2, -0.15) is 5.10 Å². The van der Waals surface area contributed by atoms with Crippen molar-refractivity contribution in [2.24, 2.45) is 5.92 Å². The molecule has 0 N–H and O–H groups in total. The van der Waals surface area contributed by atoms with Crippen molar-refractivity contribution in [2.45, 2.75) is 46.7 Å². The van der Waals surface area contributed by atoms with Gasteiger partial charge in [0.15, 0.2) is 0 Å². The third kappa shape index (κ3) is 2.91. The van der Waals surface area contributed by atoms with Crippen LogP contribution < -0.4 is 0 Å². The van der Waals surface area contributed by atoms with Crippen molar-refractivity contribution < 1.29 is 0 Å². The van der Waals surface area contributed by atoms with E-state index in [4.69, 9.17) is 0 Å². The van der Waals surface area contributed by atoms with E-state index in [1.54, 1.807) is 0 Å². The number of aromatic nitrogens is 2. The molecule has 4 heteroatoms. The minimum Gasteiger partial charge on any atom is -0.297 e. The normalized spacial score (nSPS) is 22.0. The summed E-state index contributed by atoms with van der Waals surface area (Å²) in [5, 5.41) is 4.56. The Bertz CT molecular complexity index is 386. The van der Waals surface area contributed by atoms with E-state index >= 15 is 0 Å². The first-order valence-electron chi connectivity index (χ1n) is 6.56. The van der Waals surface area contributed by atoms with Gasteiger partial charge in [-0.05, 0) is 55.1 Å². The van der Waals surface area contributed by atoms with E-state index in [9.17, 15) is 0 Å². The van der Waals surface area contributed by atoms with Crippen molar-refractivity contribution in [3.63, 3.8) is 0 Å². The molecule has 17 heavy (non-hydrogen) atoms. The summed E-state index contributed by atoms with van der Waals surface area (Å²) < 4.78 is 3.32. The molecule has 1 atom stereocenters. The number of halogens is 1. The second-order valence-electron chi connectivity index (χ2n) is 5.14. The van der Waals surface area contributed by atoms with E-state index in [-0.39, 0.29) is 0 Å². The van der Waals surface area contributed by atoms with Crippen LogP contribution in [-0.2, 0) is 13.1 Å². The molecule has 1 saturated heterocycles. The number of rotatable bonds is 3. The molecule has 1 aromatic heterocycles. The first-order chi connectivity index (χ1) is 8.11. The summed E-state index contributed by atoms with van der Waals surface area (Å²) in [7, 11) is 0. The van der Waals surface area contributed by atoms with E-state index in [2.05, 4.69) is 51.4 Å². The third-order valence-corrected chi connectivity index (χ3v) is 4.60. The molecule has 0 aliphatic carbocycles. The van der Waals surface area contributed by atoms with E-state index in [1.807, 2.05) is 0 Å². The Morgan fingerprint density at radius 1 is 1.47 bits per heavy atom. The number of piperidine rings is 1. The zero-order chi connectivity index (χ0) is 12.4. The van der Waals surface area contributed by atoms with Crippen LogP contribution in [0.15, 0.2) is 4.47 Å². The third-order valence-electron chi connectivity index (χ3n) is 3.57. The smallest absolute Gasteiger partial charge is 0.0739 e. The predicted octanol–water partition coefficient (Wildman–Crippen LogP) is 3.21. The summed E-state index contributed by atoms with van der Waals surface area (Å²) in [4.78, 5) is 2.56. The molecule has 0 radical (unpaired) electrons. The highest BCUT2D eigenvalue weighted by Gasteiger charge is 2.20. The lowest BCUT2D eigenvalue weighted by Crippen LogP contribution is -2.34. The molecule has 96 valence electrons. The summed E-state index contributed by atoms with van der Waals surface area (Å²) in [6, 6.07) is 0. The Morgan fingerprint density at radius 2 is 2.24 bits per heavy atom. The van der Waals surface area contributed by atoms with Crippen molar-refractivity contribution >= 4 is 15.9 Å². The SMILES string of the molecule is CCn1nc(C)c(Br)c1CN1CCCC(C)C1. The van der Waals surface area contributed by atoms with Crippen molar-refractivity contribution in [1.29, 1.82) is 0 Å². The first-order valence-corrected chi connectivity index (χ1v) is 7.35. The van der Waals surface area contributed by atoms with Gasteiger partial charge in [0, 0.05) is 19.6 Å². The van der Waals surface area contributed by atoms with Crippen LogP contribution in [0.3, 0.4) is 0 Å². The Morgan fingerprint density at radius 3 is 2.88 bits per heavy atom. The lowest BCUT2D eigenvalue weighted by molar-refractivity contribution is 0.172. The molecule has 2 heterocycles. The maximum atomic E-state index is 4.56. The molecular formula is C13H22BrN3. The molecule has 3 nitrogen and oxygen atoms in total. The highest BCUT2D eigenvalue weighted by molar-refractivity contribution is 9.10. The zero-order valence-electron chi connectivity index (χ0n) is 11.0. The second kappa shape index (κ2) is 5.53. The summed E-state index contributed by atoms with van der Waals surface area (Å²) in [6.45, 7) is 11.0. The first kappa shape index (κ1) is 13.1. The fourth-order valence-electron chi connectivity index (χ4n) is 2.66. The van der Waals surface area contributed by atoms with Crippen LogP contribution in [0.1, 0.15) is 38.1 Å². The van der Waals surface area contributed by atoms with Crippen LogP contribution in [0.25, 0.3) is 0 Å². The number of aryl methyl sites for hydroxylation is 2. The van der Waals surface area contributed by atoms with Crippen molar-refractivity contribution in [3.05, 3.63) is 15.9 Å². The molecule has 0 aromatic carbocycles. The quantitative estimate of drug-likeness (QED) is 0.854. The van der Waals surface area contributed by atoms with E-state index in [1.165, 1.54) is 36.1 Å². The standard InChI is InChI=1S/C13H22BrN3/c1-4-17-12(13(14)11(3)15-17)9-16-7-5-6-10(2)8-16/h10H,4-9H2,1-3H3. The molecule has 1 aliphatic heterocycles. The molecule has 2 rings (SSSR count). The maximum Gasteiger partial charge on any atom is 0.0739 e. The summed E-state index contributed by atoms with van der Waals surface area (Å²) >= 11 is 3.67. The van der Waals surface area contributed by atoms with Gasteiger partial charge in [0.2, 0.25) is 0 Å². The van der Waals surface area contributed by atoms with Crippen molar-refractivity contribution in [2.75, 3.05) is 13.1 Å². The fraction of sp³-hybridized carbons (Fsp3) is 0.769. The molecule has 1 fully saturated rings. The summed E-state index contributed by atoms with van der Waals surface area (Å²) in [5.74, 6) is 0.835. The Hall–Kier alpha value is -0.350. The average molecular weight is 300 g/mol. The van der Waals surface area contributed by atoms with E-state index < -0.39 is 0 Å². The van der Waals surface area contributed by atoms with Crippen LogP contribution in [0.2, 0.25) is 0 Å². The van der Waals surface area contributed by atoms with Gasteiger partial charge in [-0.3, -0.25) is 9.58 Å². The highest BCUT2D eigenvalue weighted by Crippen LogP contribution is 2.24. The Kier molecular flexibility index (Phi) is 4.26. The van der Waals surface area contributed by atoms with Crippen LogP contribution in [0.4, 0.5) is 0 Å². The van der Waals surface area contributed by atoms with Crippen molar-refractivity contribution in [1.82, 2.24) is 14.7 Å². The summed E-state index contributed by atoms with van der Waals surface area (Å²) in [5.41, 5.74) is 2.44. The second-order valence-corrected chi connectivity index (χ2v) is 5.94.